The highest BCUT2D eigenvalue weighted by Crippen LogP contribution is 2.31. The summed E-state index contributed by atoms with van der Waals surface area (Å²) in [5.74, 6) is -0.224. The second-order valence-electron chi connectivity index (χ2n) is 6.63. The third-order valence-corrected chi connectivity index (χ3v) is 4.68. The quantitative estimate of drug-likeness (QED) is 0.673. The van der Waals surface area contributed by atoms with E-state index in [9.17, 15) is 14.7 Å². The molecule has 2 aromatic carbocycles. The van der Waals surface area contributed by atoms with Crippen LogP contribution in [0.5, 0.6) is 5.75 Å². The molecule has 0 bridgehead atoms. The normalized spacial score (nSPS) is 10.4. The first-order chi connectivity index (χ1) is 14.0. The molecule has 2 amide bonds. The van der Waals surface area contributed by atoms with Crippen molar-refractivity contribution >= 4 is 17.5 Å². The molecule has 1 heterocycles. The van der Waals surface area contributed by atoms with Gasteiger partial charge in [0.05, 0.1) is 0 Å². The molecule has 3 aromatic rings. The lowest BCUT2D eigenvalue weighted by Crippen LogP contribution is -2.24. The molecule has 0 unspecified atom stereocenters. The number of amides is 2. The van der Waals surface area contributed by atoms with Crippen molar-refractivity contribution in [2.24, 2.45) is 0 Å². The van der Waals surface area contributed by atoms with Crippen LogP contribution in [0.25, 0.3) is 11.1 Å². The summed E-state index contributed by atoms with van der Waals surface area (Å²) in [5, 5.41) is 13.2. The van der Waals surface area contributed by atoms with Gasteiger partial charge < -0.3 is 15.3 Å². The zero-order valence-electron chi connectivity index (χ0n) is 16.4. The van der Waals surface area contributed by atoms with Crippen LogP contribution in [0.15, 0.2) is 67.0 Å². The molecule has 0 aliphatic carbocycles. The zero-order chi connectivity index (χ0) is 20.8. The molecule has 0 spiro atoms. The standard InChI is InChI=1S/C23H23N3O3/c1-3-22(28)26(2)19-9-6-17(7-10-19)20-11-8-18(13-21(20)27)23(29)25-15-16-5-4-12-24-14-16/h4-14,27H,3,15H2,1-2H3,(H,25,29). The van der Waals surface area contributed by atoms with E-state index in [0.717, 1.165) is 16.8 Å². The van der Waals surface area contributed by atoms with Crippen LogP contribution in [0.3, 0.4) is 0 Å². The van der Waals surface area contributed by atoms with E-state index in [1.807, 2.05) is 43.3 Å². The first-order valence-corrected chi connectivity index (χ1v) is 9.36. The van der Waals surface area contributed by atoms with Gasteiger partial charge in [0.2, 0.25) is 5.91 Å². The largest absolute Gasteiger partial charge is 0.507 e. The molecule has 0 radical (unpaired) electrons. The lowest BCUT2D eigenvalue weighted by atomic mass is 10.0. The van der Waals surface area contributed by atoms with Crippen LogP contribution in [-0.4, -0.2) is 29.0 Å². The van der Waals surface area contributed by atoms with E-state index in [4.69, 9.17) is 0 Å². The molecule has 0 aliphatic rings. The van der Waals surface area contributed by atoms with E-state index in [0.29, 0.717) is 24.1 Å². The molecule has 3 rings (SSSR count). The van der Waals surface area contributed by atoms with Crippen molar-refractivity contribution < 1.29 is 14.7 Å². The lowest BCUT2D eigenvalue weighted by molar-refractivity contribution is -0.118. The molecule has 6 heteroatoms. The van der Waals surface area contributed by atoms with Crippen molar-refractivity contribution in [3.05, 3.63) is 78.1 Å². The summed E-state index contributed by atoms with van der Waals surface area (Å²) in [4.78, 5) is 29.8. The Morgan fingerprint density at radius 3 is 2.48 bits per heavy atom. The lowest BCUT2D eigenvalue weighted by Gasteiger charge is -2.17. The van der Waals surface area contributed by atoms with E-state index in [1.165, 1.54) is 6.07 Å². The minimum atomic E-state index is -0.272. The number of phenols is 1. The molecule has 6 nitrogen and oxygen atoms in total. The van der Waals surface area contributed by atoms with Crippen molar-refractivity contribution in [1.29, 1.82) is 0 Å². The highest BCUT2D eigenvalue weighted by atomic mass is 16.3. The number of aromatic nitrogens is 1. The number of nitrogens with one attached hydrogen (secondary N) is 1. The van der Waals surface area contributed by atoms with Crippen molar-refractivity contribution in [2.45, 2.75) is 19.9 Å². The van der Waals surface area contributed by atoms with E-state index < -0.39 is 0 Å². The highest BCUT2D eigenvalue weighted by Gasteiger charge is 2.12. The number of hydrogen-bond acceptors (Lipinski definition) is 4. The van der Waals surface area contributed by atoms with Gasteiger partial charge in [-0.2, -0.15) is 0 Å². The molecule has 0 atom stereocenters. The van der Waals surface area contributed by atoms with Crippen LogP contribution in [0.1, 0.15) is 29.3 Å². The summed E-state index contributed by atoms with van der Waals surface area (Å²) >= 11 is 0. The number of benzene rings is 2. The SMILES string of the molecule is CCC(=O)N(C)c1ccc(-c2ccc(C(=O)NCc3cccnc3)cc2O)cc1. The number of aromatic hydroxyl groups is 1. The van der Waals surface area contributed by atoms with Crippen LogP contribution in [0.4, 0.5) is 5.69 Å². The third-order valence-electron chi connectivity index (χ3n) is 4.68. The predicted molar refractivity (Wildman–Crippen MR) is 113 cm³/mol. The highest BCUT2D eigenvalue weighted by molar-refractivity contribution is 5.96. The Labute approximate surface area is 169 Å². The monoisotopic (exact) mass is 389 g/mol. The van der Waals surface area contributed by atoms with Crippen LogP contribution >= 0.6 is 0 Å². The molecule has 2 N–H and O–H groups in total. The fourth-order valence-electron chi connectivity index (χ4n) is 2.95. The van der Waals surface area contributed by atoms with Gasteiger partial charge >= 0.3 is 0 Å². The molecule has 0 saturated heterocycles. The molecular weight excluding hydrogens is 366 g/mol. The average Bonchev–Trinajstić information content (AvgIpc) is 2.77. The van der Waals surface area contributed by atoms with E-state index >= 15 is 0 Å². The maximum Gasteiger partial charge on any atom is 0.251 e. The number of phenolic OH excluding ortho intramolecular Hbond substituents is 1. The van der Waals surface area contributed by atoms with Gasteiger partial charge in [-0.1, -0.05) is 25.1 Å². The van der Waals surface area contributed by atoms with Gasteiger partial charge in [-0.05, 0) is 47.5 Å². The number of anilines is 1. The zero-order valence-corrected chi connectivity index (χ0v) is 16.4. The molecule has 0 aliphatic heterocycles. The van der Waals surface area contributed by atoms with Crippen LogP contribution in [0, 0.1) is 0 Å². The number of carbonyl (C=O) groups excluding carboxylic acids is 2. The topological polar surface area (TPSA) is 82.5 Å². The number of carbonyl (C=O) groups is 2. The van der Waals surface area contributed by atoms with Crippen molar-refractivity contribution in [1.82, 2.24) is 10.3 Å². The maximum absolute atomic E-state index is 12.3. The van der Waals surface area contributed by atoms with Crippen LogP contribution < -0.4 is 10.2 Å². The summed E-state index contributed by atoms with van der Waals surface area (Å²) < 4.78 is 0. The Morgan fingerprint density at radius 1 is 1.10 bits per heavy atom. The minimum absolute atomic E-state index is 0.0183. The average molecular weight is 389 g/mol. The molecule has 29 heavy (non-hydrogen) atoms. The minimum Gasteiger partial charge on any atom is -0.507 e. The smallest absolute Gasteiger partial charge is 0.251 e. The van der Waals surface area contributed by atoms with Crippen molar-refractivity contribution in [2.75, 3.05) is 11.9 Å². The fourth-order valence-corrected chi connectivity index (χ4v) is 2.95. The number of hydrogen-bond donors (Lipinski definition) is 2. The van der Waals surface area contributed by atoms with Crippen molar-refractivity contribution in [3.8, 4) is 16.9 Å². The summed E-state index contributed by atoms with van der Waals surface area (Å²) in [7, 11) is 1.73. The van der Waals surface area contributed by atoms with Crippen LogP contribution in [-0.2, 0) is 11.3 Å². The van der Waals surface area contributed by atoms with E-state index in [1.54, 1.807) is 36.5 Å². The molecule has 1 aromatic heterocycles. The fraction of sp³-hybridized carbons (Fsp3) is 0.174. The van der Waals surface area contributed by atoms with Crippen LogP contribution in [0.2, 0.25) is 0 Å². The molecule has 148 valence electrons. The Kier molecular flexibility index (Phi) is 6.24. The Morgan fingerprint density at radius 2 is 1.86 bits per heavy atom. The first kappa shape index (κ1) is 20.1. The number of rotatable bonds is 6. The van der Waals surface area contributed by atoms with Gasteiger partial charge in [-0.3, -0.25) is 14.6 Å². The van der Waals surface area contributed by atoms with E-state index in [-0.39, 0.29) is 17.6 Å². The summed E-state index contributed by atoms with van der Waals surface area (Å²) in [5.41, 5.74) is 3.47. The predicted octanol–water partition coefficient (Wildman–Crippen LogP) is 3.76. The Balaban J connectivity index is 1.72. The maximum atomic E-state index is 12.3. The van der Waals surface area contributed by atoms with Gasteiger partial charge in [0, 0.05) is 49.2 Å². The summed E-state index contributed by atoms with van der Waals surface area (Å²) in [6.07, 6.45) is 3.80. The number of pyridine rings is 1. The molecule has 0 saturated carbocycles. The molecule has 0 fully saturated rings. The third kappa shape index (κ3) is 4.79. The molecular formula is C23H23N3O3. The van der Waals surface area contributed by atoms with Crippen molar-refractivity contribution in [3.63, 3.8) is 0 Å². The Hall–Kier alpha value is -3.67. The second-order valence-corrected chi connectivity index (χ2v) is 6.63. The summed E-state index contributed by atoms with van der Waals surface area (Å²) in [6.45, 7) is 2.18. The van der Waals surface area contributed by atoms with Gasteiger partial charge in [0.15, 0.2) is 0 Å². The van der Waals surface area contributed by atoms with Gasteiger partial charge in [0.25, 0.3) is 5.91 Å². The van der Waals surface area contributed by atoms with Gasteiger partial charge in [0.1, 0.15) is 5.75 Å². The number of nitrogens with zero attached hydrogens (tertiary/aromatic N) is 2. The van der Waals surface area contributed by atoms with Gasteiger partial charge in [-0.15, -0.1) is 0 Å². The van der Waals surface area contributed by atoms with E-state index in [2.05, 4.69) is 10.3 Å². The Bertz CT molecular complexity index is 1000. The first-order valence-electron chi connectivity index (χ1n) is 9.36. The second kappa shape index (κ2) is 9.01. The van der Waals surface area contributed by atoms with Gasteiger partial charge in [-0.25, -0.2) is 0 Å². The summed E-state index contributed by atoms with van der Waals surface area (Å²) in [6, 6.07) is 15.9.